The first-order valence-corrected chi connectivity index (χ1v) is 8.75. The van der Waals surface area contributed by atoms with Crippen LogP contribution in [0.25, 0.3) is 0 Å². The van der Waals surface area contributed by atoms with Crippen molar-refractivity contribution in [2.24, 2.45) is 11.7 Å². The van der Waals surface area contributed by atoms with Crippen LogP contribution >= 0.6 is 24.2 Å². The van der Waals surface area contributed by atoms with Crippen LogP contribution in [0.1, 0.15) is 59.3 Å². The van der Waals surface area contributed by atoms with Crippen molar-refractivity contribution in [3.8, 4) is 0 Å². The highest BCUT2D eigenvalue weighted by Gasteiger charge is 2.38. The number of nitrogens with one attached hydrogen (secondary N) is 1. The zero-order chi connectivity index (χ0) is 14.5. The van der Waals surface area contributed by atoms with Crippen LogP contribution in [0.4, 0.5) is 0 Å². The molecule has 0 aromatic rings. The highest BCUT2D eigenvalue weighted by Crippen LogP contribution is 2.33. The molecule has 120 valence electrons. The Morgan fingerprint density at radius 1 is 1.40 bits per heavy atom. The molecule has 1 amide bonds. The minimum atomic E-state index is -0.331. The number of amides is 1. The van der Waals surface area contributed by atoms with Crippen LogP contribution in [0.2, 0.25) is 0 Å². The number of hydrogen-bond donors (Lipinski definition) is 2. The van der Waals surface area contributed by atoms with E-state index >= 15 is 0 Å². The summed E-state index contributed by atoms with van der Waals surface area (Å²) in [4.78, 5) is 12.4. The maximum absolute atomic E-state index is 12.4. The third-order valence-corrected chi connectivity index (χ3v) is 6.46. The van der Waals surface area contributed by atoms with Gasteiger partial charge in [-0.1, -0.05) is 26.7 Å². The summed E-state index contributed by atoms with van der Waals surface area (Å²) in [6, 6.07) is 0. The molecule has 0 aliphatic heterocycles. The fourth-order valence-corrected chi connectivity index (χ4v) is 3.82. The minimum Gasteiger partial charge on any atom is -0.354 e. The first-order chi connectivity index (χ1) is 8.90. The number of nitrogens with two attached hydrogens (primary N) is 1. The fraction of sp³-hybridized carbons (Fsp3) is 0.933. The molecule has 1 saturated carbocycles. The summed E-state index contributed by atoms with van der Waals surface area (Å²) in [6.07, 6.45) is 8.46. The molecule has 0 spiro atoms. The molecule has 2 atom stereocenters. The second-order valence-electron chi connectivity index (χ2n) is 6.12. The van der Waals surface area contributed by atoms with Gasteiger partial charge in [-0.2, -0.15) is 11.8 Å². The molecule has 0 radical (unpaired) electrons. The average molecular weight is 323 g/mol. The van der Waals surface area contributed by atoms with Gasteiger partial charge >= 0.3 is 0 Å². The molecule has 1 fully saturated rings. The molecule has 0 heterocycles. The SMILES string of the molecule is CCC(CC)(CNC(=O)C1CCCCC1(C)N)SC.Cl. The Hall–Kier alpha value is 0.0700. The van der Waals surface area contributed by atoms with Gasteiger partial charge in [0.1, 0.15) is 0 Å². The smallest absolute Gasteiger partial charge is 0.225 e. The van der Waals surface area contributed by atoms with Gasteiger partial charge in [-0.15, -0.1) is 12.4 Å². The molecule has 3 nitrogen and oxygen atoms in total. The summed E-state index contributed by atoms with van der Waals surface area (Å²) in [5.41, 5.74) is 5.96. The Morgan fingerprint density at radius 2 is 2.00 bits per heavy atom. The zero-order valence-electron chi connectivity index (χ0n) is 13.3. The lowest BCUT2D eigenvalue weighted by atomic mass is 9.74. The van der Waals surface area contributed by atoms with Crippen molar-refractivity contribution in [2.75, 3.05) is 12.8 Å². The number of hydrogen-bond acceptors (Lipinski definition) is 3. The van der Waals surface area contributed by atoms with Crippen LogP contribution < -0.4 is 11.1 Å². The van der Waals surface area contributed by atoms with E-state index in [2.05, 4.69) is 25.4 Å². The minimum absolute atomic E-state index is 0. The molecular formula is C15H31ClN2OS. The van der Waals surface area contributed by atoms with E-state index in [0.29, 0.717) is 0 Å². The Morgan fingerprint density at radius 3 is 2.45 bits per heavy atom. The van der Waals surface area contributed by atoms with Gasteiger partial charge < -0.3 is 11.1 Å². The number of halogens is 1. The van der Waals surface area contributed by atoms with E-state index in [1.807, 2.05) is 18.7 Å². The summed E-state index contributed by atoms with van der Waals surface area (Å²) < 4.78 is 0.176. The van der Waals surface area contributed by atoms with Crippen molar-refractivity contribution in [1.29, 1.82) is 0 Å². The summed E-state index contributed by atoms with van der Waals surface area (Å²) >= 11 is 1.86. The van der Waals surface area contributed by atoms with Crippen LogP contribution in [0, 0.1) is 5.92 Å². The Kier molecular flexibility index (Phi) is 8.53. The molecule has 0 bridgehead atoms. The molecule has 5 heteroatoms. The molecule has 3 N–H and O–H groups in total. The van der Waals surface area contributed by atoms with E-state index in [1.165, 1.54) is 0 Å². The summed E-state index contributed by atoms with van der Waals surface area (Å²) in [7, 11) is 0. The Labute approximate surface area is 134 Å². The van der Waals surface area contributed by atoms with E-state index in [-0.39, 0.29) is 34.5 Å². The van der Waals surface area contributed by atoms with E-state index in [1.54, 1.807) is 0 Å². The first kappa shape index (κ1) is 20.1. The lowest BCUT2D eigenvalue weighted by molar-refractivity contribution is -0.128. The first-order valence-electron chi connectivity index (χ1n) is 7.52. The zero-order valence-corrected chi connectivity index (χ0v) is 15.0. The van der Waals surface area contributed by atoms with Gasteiger partial charge in [0.05, 0.1) is 5.92 Å². The van der Waals surface area contributed by atoms with Crippen molar-refractivity contribution < 1.29 is 4.79 Å². The third kappa shape index (κ3) is 4.81. The topological polar surface area (TPSA) is 55.1 Å². The number of rotatable bonds is 6. The Bertz CT molecular complexity index is 298. The van der Waals surface area contributed by atoms with Gasteiger partial charge in [0.25, 0.3) is 0 Å². The monoisotopic (exact) mass is 322 g/mol. The van der Waals surface area contributed by atoms with Crippen molar-refractivity contribution in [2.45, 2.75) is 69.6 Å². The molecule has 1 rings (SSSR count). The maximum Gasteiger partial charge on any atom is 0.225 e. The van der Waals surface area contributed by atoms with E-state index in [9.17, 15) is 4.79 Å². The number of carbonyl (C=O) groups is 1. The summed E-state index contributed by atoms with van der Waals surface area (Å²) in [6.45, 7) is 7.17. The second-order valence-corrected chi connectivity index (χ2v) is 7.39. The summed E-state index contributed by atoms with van der Waals surface area (Å²) in [5, 5.41) is 3.16. The maximum atomic E-state index is 12.4. The van der Waals surface area contributed by atoms with Crippen LogP contribution in [-0.4, -0.2) is 29.0 Å². The van der Waals surface area contributed by atoms with Crippen LogP contribution in [0.3, 0.4) is 0 Å². The van der Waals surface area contributed by atoms with E-state index in [4.69, 9.17) is 5.73 Å². The standard InChI is InChI=1S/C15H30N2OS.ClH/c1-5-15(6-2,19-4)11-17-13(18)12-9-7-8-10-14(12,3)16;/h12H,5-11,16H2,1-4H3,(H,17,18);1H. The van der Waals surface area contributed by atoms with Gasteiger partial charge in [0.2, 0.25) is 5.91 Å². The quantitative estimate of drug-likeness (QED) is 0.788. The lowest BCUT2D eigenvalue weighted by Gasteiger charge is -2.38. The molecular weight excluding hydrogens is 292 g/mol. The molecule has 0 aromatic carbocycles. The third-order valence-electron chi connectivity index (χ3n) is 4.88. The highest BCUT2D eigenvalue weighted by atomic mass is 35.5. The largest absolute Gasteiger partial charge is 0.354 e. The van der Waals surface area contributed by atoms with E-state index < -0.39 is 0 Å². The molecule has 1 aliphatic rings. The van der Waals surface area contributed by atoms with Gasteiger partial charge in [-0.05, 0) is 38.9 Å². The average Bonchev–Trinajstić information content (AvgIpc) is 2.40. The second kappa shape index (κ2) is 8.50. The predicted octanol–water partition coefficient (Wildman–Crippen LogP) is 3.35. The normalized spacial score (nSPS) is 26.8. The van der Waals surface area contributed by atoms with Crippen molar-refractivity contribution in [3.63, 3.8) is 0 Å². The van der Waals surface area contributed by atoms with Crippen molar-refractivity contribution in [3.05, 3.63) is 0 Å². The lowest BCUT2D eigenvalue weighted by Crippen LogP contribution is -2.54. The highest BCUT2D eigenvalue weighted by molar-refractivity contribution is 8.00. The molecule has 0 aromatic heterocycles. The fourth-order valence-electron chi connectivity index (χ4n) is 3.02. The molecule has 0 saturated heterocycles. The van der Waals surface area contributed by atoms with E-state index in [0.717, 1.165) is 45.1 Å². The molecule has 1 aliphatic carbocycles. The van der Waals surface area contributed by atoms with Gasteiger partial charge in [0.15, 0.2) is 0 Å². The van der Waals surface area contributed by atoms with Gasteiger partial charge in [-0.25, -0.2) is 0 Å². The van der Waals surface area contributed by atoms with Crippen LogP contribution in [0.15, 0.2) is 0 Å². The van der Waals surface area contributed by atoms with Crippen molar-refractivity contribution in [1.82, 2.24) is 5.32 Å². The summed E-state index contributed by atoms with van der Waals surface area (Å²) in [5.74, 6) is 0.138. The van der Waals surface area contributed by atoms with Gasteiger partial charge in [0, 0.05) is 16.8 Å². The van der Waals surface area contributed by atoms with Crippen LogP contribution in [0.5, 0.6) is 0 Å². The number of carbonyl (C=O) groups excluding carboxylic acids is 1. The Balaban J connectivity index is 0.00000361. The van der Waals surface area contributed by atoms with Crippen LogP contribution in [-0.2, 0) is 4.79 Å². The van der Waals surface area contributed by atoms with Crippen molar-refractivity contribution >= 4 is 30.1 Å². The number of thioether (sulfide) groups is 1. The molecule has 20 heavy (non-hydrogen) atoms. The van der Waals surface area contributed by atoms with Gasteiger partial charge in [-0.3, -0.25) is 4.79 Å². The molecule has 2 unspecified atom stereocenters. The predicted molar refractivity (Wildman–Crippen MR) is 91.6 cm³/mol.